The number of ether oxygens (including phenoxy) is 2. The van der Waals surface area contributed by atoms with Crippen LogP contribution >= 0.6 is 11.3 Å². The molecule has 1 atom stereocenters. The molecule has 3 rings (SSSR count). The number of nitrogens with zero attached hydrogens (tertiary/aromatic N) is 3. The minimum absolute atomic E-state index is 0.347. The van der Waals surface area contributed by atoms with E-state index in [4.69, 9.17) is 19.4 Å². The summed E-state index contributed by atoms with van der Waals surface area (Å²) >= 11 is 1.63. The number of morpholine rings is 1. The van der Waals surface area contributed by atoms with Gasteiger partial charge < -0.3 is 14.6 Å². The van der Waals surface area contributed by atoms with Gasteiger partial charge in [0.15, 0.2) is 0 Å². The Morgan fingerprint density at radius 1 is 1.34 bits per heavy atom. The summed E-state index contributed by atoms with van der Waals surface area (Å²) in [6, 6.07) is 0. The van der Waals surface area contributed by atoms with Crippen molar-refractivity contribution in [3.63, 3.8) is 0 Å². The molecule has 29 heavy (non-hydrogen) atoms. The Morgan fingerprint density at radius 3 is 2.59 bits per heavy atom. The van der Waals surface area contributed by atoms with Gasteiger partial charge in [-0.1, -0.05) is 0 Å². The fourth-order valence-corrected chi connectivity index (χ4v) is 4.45. The average Bonchev–Trinajstić information content (AvgIpc) is 3.01. The minimum Gasteiger partial charge on any atom is -0.475 e. The molecule has 1 unspecified atom stereocenters. The van der Waals surface area contributed by atoms with Crippen LogP contribution in [-0.4, -0.2) is 97.7 Å². The van der Waals surface area contributed by atoms with E-state index in [-0.39, 0.29) is 0 Å². The van der Waals surface area contributed by atoms with Crippen molar-refractivity contribution < 1.29 is 41.0 Å². The third-order valence-electron chi connectivity index (χ3n) is 4.20. The van der Waals surface area contributed by atoms with Crippen molar-refractivity contribution in [2.45, 2.75) is 18.3 Å². The molecule has 2 fully saturated rings. The topological polar surface area (TPSA) is 109 Å². The van der Waals surface area contributed by atoms with Gasteiger partial charge >= 0.3 is 12.1 Å². The molecule has 1 spiro atoms. The van der Waals surface area contributed by atoms with Crippen LogP contribution in [0.1, 0.15) is 5.01 Å². The van der Waals surface area contributed by atoms with E-state index < -0.39 is 27.8 Å². The molecule has 1 aromatic heterocycles. The predicted octanol–water partition coefficient (Wildman–Crippen LogP) is 0.639. The van der Waals surface area contributed by atoms with Crippen LogP contribution in [0.25, 0.3) is 0 Å². The lowest BCUT2D eigenvalue weighted by Gasteiger charge is -2.42. The highest BCUT2D eigenvalue weighted by molar-refractivity contribution is 7.88. The molecule has 0 aromatic carbocycles. The number of aromatic nitrogens is 1. The molecule has 0 bridgehead atoms. The predicted molar refractivity (Wildman–Crippen MR) is 97.0 cm³/mol. The summed E-state index contributed by atoms with van der Waals surface area (Å²) in [5, 5.41) is 10.2. The number of carbonyl (C=O) groups is 1. The van der Waals surface area contributed by atoms with Crippen LogP contribution in [-0.2, 0) is 30.8 Å². The summed E-state index contributed by atoms with van der Waals surface area (Å²) in [5.41, 5.74) is -0.588. The van der Waals surface area contributed by atoms with Crippen molar-refractivity contribution in [3.05, 3.63) is 16.6 Å². The maximum atomic E-state index is 11.9. The van der Waals surface area contributed by atoms with Gasteiger partial charge in [-0.25, -0.2) is 18.2 Å². The van der Waals surface area contributed by atoms with Crippen LogP contribution in [0.4, 0.5) is 13.2 Å². The maximum absolute atomic E-state index is 11.9. The lowest BCUT2D eigenvalue weighted by atomic mass is 10.0. The van der Waals surface area contributed by atoms with Gasteiger partial charge in [-0.05, 0) is 0 Å². The lowest BCUT2D eigenvalue weighted by Crippen LogP contribution is -2.58. The van der Waals surface area contributed by atoms with Gasteiger partial charge in [0.25, 0.3) is 0 Å². The molecular weight excluding hydrogens is 439 g/mol. The number of hydrogen-bond donors (Lipinski definition) is 1. The van der Waals surface area contributed by atoms with Gasteiger partial charge in [-0.15, -0.1) is 11.3 Å². The summed E-state index contributed by atoms with van der Waals surface area (Å²) in [7, 11) is -3.25. The van der Waals surface area contributed by atoms with E-state index in [1.165, 1.54) is 10.6 Å². The zero-order chi connectivity index (χ0) is 21.7. The van der Waals surface area contributed by atoms with Gasteiger partial charge in [0.2, 0.25) is 10.0 Å². The second-order valence-corrected chi connectivity index (χ2v) is 9.58. The number of halogens is 3. The van der Waals surface area contributed by atoms with Crippen molar-refractivity contribution in [3.8, 4) is 0 Å². The van der Waals surface area contributed by atoms with Crippen LogP contribution in [0.3, 0.4) is 0 Å². The maximum Gasteiger partial charge on any atom is 0.490 e. The minimum atomic E-state index is -5.08. The summed E-state index contributed by atoms with van der Waals surface area (Å²) in [6.07, 6.45) is -2.04. The van der Waals surface area contributed by atoms with Crippen LogP contribution < -0.4 is 0 Å². The fourth-order valence-electron chi connectivity index (χ4n) is 2.92. The Hall–Kier alpha value is -1.32. The highest BCUT2D eigenvalue weighted by Gasteiger charge is 2.42. The third kappa shape index (κ3) is 7.46. The fraction of sp³-hybridized carbons (Fsp3) is 0.733. The van der Waals surface area contributed by atoms with E-state index in [0.717, 1.165) is 18.1 Å². The molecule has 0 aliphatic carbocycles. The second kappa shape index (κ2) is 9.66. The largest absolute Gasteiger partial charge is 0.490 e. The van der Waals surface area contributed by atoms with E-state index >= 15 is 0 Å². The van der Waals surface area contributed by atoms with Crippen molar-refractivity contribution >= 4 is 27.3 Å². The highest BCUT2D eigenvalue weighted by atomic mass is 32.2. The van der Waals surface area contributed by atoms with Crippen molar-refractivity contribution in [1.82, 2.24) is 14.2 Å². The molecule has 166 valence electrons. The number of carboxylic acid groups (broad SMARTS) is 1. The molecule has 2 saturated heterocycles. The van der Waals surface area contributed by atoms with Crippen LogP contribution in [0.2, 0.25) is 0 Å². The number of rotatable bonds is 3. The quantitative estimate of drug-likeness (QED) is 0.699. The monoisotopic (exact) mass is 461 g/mol. The highest BCUT2D eigenvalue weighted by Crippen LogP contribution is 2.25. The van der Waals surface area contributed by atoms with Gasteiger partial charge in [0.05, 0.1) is 32.6 Å². The van der Waals surface area contributed by atoms with E-state index in [1.54, 1.807) is 17.5 Å². The number of carboxylic acids is 1. The smallest absolute Gasteiger partial charge is 0.475 e. The van der Waals surface area contributed by atoms with E-state index in [0.29, 0.717) is 39.5 Å². The third-order valence-corrected chi connectivity index (χ3v) is 6.21. The first kappa shape index (κ1) is 24.0. The van der Waals surface area contributed by atoms with Crippen LogP contribution in [0.5, 0.6) is 0 Å². The van der Waals surface area contributed by atoms with Crippen molar-refractivity contribution in [1.29, 1.82) is 0 Å². The van der Waals surface area contributed by atoms with E-state index in [1.807, 2.05) is 5.38 Å². The second-order valence-electron chi connectivity index (χ2n) is 6.62. The Bertz CT molecular complexity index is 775. The van der Waals surface area contributed by atoms with E-state index in [2.05, 4.69) is 9.88 Å². The zero-order valence-corrected chi connectivity index (χ0v) is 17.2. The number of aliphatic carboxylic acids is 1. The van der Waals surface area contributed by atoms with Crippen molar-refractivity contribution in [2.24, 2.45) is 0 Å². The van der Waals surface area contributed by atoms with Gasteiger partial charge in [0.1, 0.15) is 10.6 Å². The Labute approximate surface area is 170 Å². The first-order valence-corrected chi connectivity index (χ1v) is 11.2. The Balaban J connectivity index is 0.000000370. The van der Waals surface area contributed by atoms with Crippen LogP contribution in [0, 0.1) is 0 Å². The molecule has 9 nitrogen and oxygen atoms in total. The molecule has 0 radical (unpaired) electrons. The number of alkyl halides is 3. The normalized spacial score (nSPS) is 24.6. The molecule has 1 N–H and O–H groups in total. The molecule has 3 heterocycles. The van der Waals surface area contributed by atoms with Gasteiger partial charge in [-0.3, -0.25) is 4.90 Å². The SMILES string of the molecule is CS(=O)(=O)N1CCOCC2(CN(Cc3nccs3)CCO2)C1.O=C(O)C(F)(F)F. The van der Waals surface area contributed by atoms with Gasteiger partial charge in [0, 0.05) is 37.8 Å². The van der Waals surface area contributed by atoms with Crippen LogP contribution in [0.15, 0.2) is 11.6 Å². The molecule has 1 aromatic rings. The van der Waals surface area contributed by atoms with Gasteiger partial charge in [-0.2, -0.15) is 17.5 Å². The average molecular weight is 461 g/mol. The lowest BCUT2D eigenvalue weighted by molar-refractivity contribution is -0.192. The first-order valence-electron chi connectivity index (χ1n) is 8.49. The number of sulfonamides is 1. The number of hydrogen-bond acceptors (Lipinski definition) is 8. The molecular formula is C15H22F3N3O6S2. The number of thiazole rings is 1. The first-order chi connectivity index (χ1) is 13.4. The van der Waals surface area contributed by atoms with Crippen molar-refractivity contribution in [2.75, 3.05) is 52.3 Å². The molecule has 0 saturated carbocycles. The standard InChI is InChI=1S/C13H21N3O4S2.C2HF3O2/c1-22(17,18)16-4-5-19-11-13(10-16)9-15(3-6-20-13)8-12-14-2-7-21-12;3-2(4,5)1(6)7/h2,7H,3-6,8-11H2,1H3;(H,6,7). The summed E-state index contributed by atoms with van der Waals surface area (Å²) < 4.78 is 68.6. The Morgan fingerprint density at radius 2 is 2.03 bits per heavy atom. The summed E-state index contributed by atoms with van der Waals surface area (Å²) in [5.74, 6) is -2.76. The summed E-state index contributed by atoms with van der Waals surface area (Å²) in [6.45, 7) is 4.38. The molecule has 2 aliphatic heterocycles. The summed E-state index contributed by atoms with van der Waals surface area (Å²) in [4.78, 5) is 15.5. The zero-order valence-electron chi connectivity index (χ0n) is 15.6. The van der Waals surface area contributed by atoms with E-state index in [9.17, 15) is 21.6 Å². The molecule has 0 amide bonds. The Kier molecular flexibility index (Phi) is 7.98. The molecule has 14 heteroatoms. The molecule has 2 aliphatic rings.